The lowest BCUT2D eigenvalue weighted by atomic mass is 10.0. The largest absolute Gasteiger partial charge is 0.505 e. The van der Waals surface area contributed by atoms with Crippen LogP contribution in [0.5, 0.6) is 5.75 Å². The molecule has 0 atom stereocenters. The van der Waals surface area contributed by atoms with E-state index in [0.29, 0.717) is 11.6 Å². The number of carbonyl (C=O) groups is 1. The second kappa shape index (κ2) is 9.58. The molecule has 4 aromatic carbocycles. The molecule has 1 amide bonds. The van der Waals surface area contributed by atoms with E-state index in [9.17, 15) is 23.1 Å². The number of aryl methyl sites for hydroxylation is 3. The van der Waals surface area contributed by atoms with Crippen molar-refractivity contribution in [2.45, 2.75) is 26.9 Å². The van der Waals surface area contributed by atoms with Gasteiger partial charge in [-0.25, -0.2) is 4.39 Å². The smallest absolute Gasteiger partial charge is 0.416 e. The van der Waals surface area contributed by atoms with Crippen LogP contribution in [0, 0.1) is 26.6 Å². The number of alkyl halides is 3. The summed E-state index contributed by atoms with van der Waals surface area (Å²) < 4.78 is 55.9. The summed E-state index contributed by atoms with van der Waals surface area (Å²) in [5, 5.41) is 15.0. The van der Waals surface area contributed by atoms with E-state index in [-0.39, 0.29) is 28.4 Å². The van der Waals surface area contributed by atoms with Crippen LogP contribution in [0.4, 0.5) is 34.6 Å². The molecule has 9 heteroatoms. The number of carbonyl (C=O) groups excluding carboxylic acids is 1. The van der Waals surface area contributed by atoms with Gasteiger partial charge in [-0.1, -0.05) is 48.0 Å². The summed E-state index contributed by atoms with van der Waals surface area (Å²) >= 11 is 0. The van der Waals surface area contributed by atoms with Crippen LogP contribution in [0.15, 0.2) is 77.9 Å². The van der Waals surface area contributed by atoms with Crippen molar-refractivity contribution in [2.75, 3.05) is 10.3 Å². The normalized spacial score (nSPS) is 14.2. The average molecular weight is 534 g/mol. The molecule has 5 rings (SSSR count). The van der Waals surface area contributed by atoms with E-state index in [4.69, 9.17) is 0 Å². The number of anilines is 3. The number of hydrogen-bond donors (Lipinski definition) is 2. The predicted molar refractivity (Wildman–Crippen MR) is 143 cm³/mol. The van der Waals surface area contributed by atoms with E-state index < -0.39 is 29.2 Å². The highest BCUT2D eigenvalue weighted by Crippen LogP contribution is 2.42. The van der Waals surface area contributed by atoms with Gasteiger partial charge in [0.2, 0.25) is 0 Å². The van der Waals surface area contributed by atoms with Crippen LogP contribution in [-0.2, 0) is 11.0 Å². The molecule has 1 heterocycles. The number of phenols is 1. The van der Waals surface area contributed by atoms with Crippen LogP contribution >= 0.6 is 0 Å². The minimum absolute atomic E-state index is 0.132. The number of amides is 1. The molecule has 0 saturated heterocycles. The number of para-hydroxylation sites is 1. The maximum atomic E-state index is 15.2. The topological polar surface area (TPSA) is 64.9 Å². The number of phenolic OH excluding ortho intramolecular Hbond substituents is 1. The van der Waals surface area contributed by atoms with Gasteiger partial charge in [0.25, 0.3) is 5.91 Å². The molecule has 39 heavy (non-hydrogen) atoms. The molecule has 1 aliphatic rings. The van der Waals surface area contributed by atoms with Crippen LogP contribution in [0.25, 0.3) is 11.1 Å². The molecule has 0 radical (unpaired) electrons. The maximum Gasteiger partial charge on any atom is 0.416 e. The molecule has 0 aliphatic carbocycles. The molecular weight excluding hydrogens is 510 g/mol. The molecule has 4 aromatic rings. The van der Waals surface area contributed by atoms with Gasteiger partial charge in [-0.3, -0.25) is 15.1 Å². The SMILES string of the molecule is Cc1cccc(-c2cccc(N/N=C3\C(=O)N(c4ccc(C)c(C)c4)c4cc(C(F)(F)F)cc(F)c43)c2O)c1. The second-order valence-corrected chi connectivity index (χ2v) is 9.40. The molecule has 0 fully saturated rings. The van der Waals surface area contributed by atoms with Crippen molar-refractivity contribution in [3.63, 3.8) is 0 Å². The molecule has 0 spiro atoms. The van der Waals surface area contributed by atoms with Crippen molar-refractivity contribution in [3.05, 3.63) is 106 Å². The zero-order chi connectivity index (χ0) is 28.1. The lowest BCUT2D eigenvalue weighted by molar-refractivity contribution is -0.137. The molecule has 5 nitrogen and oxygen atoms in total. The number of halogens is 4. The van der Waals surface area contributed by atoms with Gasteiger partial charge >= 0.3 is 6.18 Å². The van der Waals surface area contributed by atoms with Crippen molar-refractivity contribution in [1.29, 1.82) is 0 Å². The van der Waals surface area contributed by atoms with Gasteiger partial charge in [0.05, 0.1) is 22.5 Å². The van der Waals surface area contributed by atoms with Gasteiger partial charge in [-0.15, -0.1) is 0 Å². The second-order valence-electron chi connectivity index (χ2n) is 9.40. The quantitative estimate of drug-likeness (QED) is 0.161. The first-order valence-corrected chi connectivity index (χ1v) is 12.0. The van der Waals surface area contributed by atoms with Crippen LogP contribution in [0.1, 0.15) is 27.8 Å². The van der Waals surface area contributed by atoms with Crippen molar-refractivity contribution >= 4 is 28.7 Å². The Hall–Kier alpha value is -4.66. The molecule has 0 bridgehead atoms. The minimum atomic E-state index is -4.83. The Labute approximate surface area is 222 Å². The Morgan fingerprint density at radius 1 is 0.897 bits per heavy atom. The number of fused-ring (bicyclic) bond motifs is 1. The number of nitrogens with one attached hydrogen (secondary N) is 1. The van der Waals surface area contributed by atoms with E-state index in [1.807, 2.05) is 38.1 Å². The number of rotatable bonds is 4. The molecule has 0 aromatic heterocycles. The number of benzene rings is 4. The summed E-state index contributed by atoms with van der Waals surface area (Å²) in [6.45, 7) is 5.57. The zero-order valence-electron chi connectivity index (χ0n) is 21.2. The average Bonchev–Trinajstić information content (AvgIpc) is 3.16. The fourth-order valence-electron chi connectivity index (χ4n) is 4.51. The minimum Gasteiger partial charge on any atom is -0.505 e. The van der Waals surface area contributed by atoms with Crippen LogP contribution < -0.4 is 10.3 Å². The highest BCUT2D eigenvalue weighted by Gasteiger charge is 2.41. The Kier molecular flexibility index (Phi) is 6.38. The number of nitrogens with zero attached hydrogens (tertiary/aromatic N) is 2. The van der Waals surface area contributed by atoms with Gasteiger partial charge in [-0.05, 0) is 67.8 Å². The lowest BCUT2D eigenvalue weighted by Crippen LogP contribution is -2.26. The number of hydrazone groups is 1. The van der Waals surface area contributed by atoms with E-state index in [1.54, 1.807) is 37.3 Å². The van der Waals surface area contributed by atoms with Crippen molar-refractivity contribution in [1.82, 2.24) is 0 Å². The van der Waals surface area contributed by atoms with Crippen LogP contribution in [0.3, 0.4) is 0 Å². The molecule has 1 aliphatic heterocycles. The highest BCUT2D eigenvalue weighted by atomic mass is 19.4. The first-order chi connectivity index (χ1) is 18.5. The summed E-state index contributed by atoms with van der Waals surface area (Å²) in [4.78, 5) is 14.6. The molecule has 0 unspecified atom stereocenters. The Balaban J connectivity index is 1.61. The fourth-order valence-corrected chi connectivity index (χ4v) is 4.51. The van der Waals surface area contributed by atoms with Gasteiger partial charge < -0.3 is 5.11 Å². The highest BCUT2D eigenvalue weighted by molar-refractivity contribution is 6.55. The lowest BCUT2D eigenvalue weighted by Gasteiger charge is -2.19. The van der Waals surface area contributed by atoms with Gasteiger partial charge in [0.15, 0.2) is 5.71 Å². The Bertz CT molecular complexity index is 1660. The molecule has 2 N–H and O–H groups in total. The standard InChI is InChI=1S/C30H23F4N3O2/c1-16-6-4-7-19(12-16)22-8-5-9-24(28(22)38)35-36-27-26-23(31)14-20(30(32,33)34)15-25(26)37(29(27)39)21-11-10-17(2)18(3)13-21/h4-15,35,38H,1-3H3/b36-27-. The first kappa shape index (κ1) is 26.0. The monoisotopic (exact) mass is 533 g/mol. The molecule has 0 saturated carbocycles. The zero-order valence-corrected chi connectivity index (χ0v) is 21.2. The summed E-state index contributed by atoms with van der Waals surface area (Å²) in [5.74, 6) is -2.21. The van der Waals surface area contributed by atoms with E-state index in [2.05, 4.69) is 10.5 Å². The predicted octanol–water partition coefficient (Wildman–Crippen LogP) is 7.64. The summed E-state index contributed by atoms with van der Waals surface area (Å²) in [5.41, 5.74) is 4.69. The Morgan fingerprint density at radius 3 is 2.33 bits per heavy atom. The Morgan fingerprint density at radius 2 is 1.64 bits per heavy atom. The fraction of sp³-hybridized carbons (Fsp3) is 0.133. The summed E-state index contributed by atoms with van der Waals surface area (Å²) in [6.07, 6.45) is -4.83. The van der Waals surface area contributed by atoms with Crippen molar-refractivity contribution < 1.29 is 27.5 Å². The van der Waals surface area contributed by atoms with Gasteiger partial charge in [0, 0.05) is 11.3 Å². The third-order valence-corrected chi connectivity index (χ3v) is 6.68. The first-order valence-electron chi connectivity index (χ1n) is 12.0. The van der Waals surface area contributed by atoms with Crippen molar-refractivity contribution in [2.24, 2.45) is 5.10 Å². The van der Waals surface area contributed by atoms with Gasteiger partial charge in [-0.2, -0.15) is 18.3 Å². The van der Waals surface area contributed by atoms with E-state index in [0.717, 1.165) is 33.2 Å². The van der Waals surface area contributed by atoms with Gasteiger partial charge in [0.1, 0.15) is 11.6 Å². The van der Waals surface area contributed by atoms with E-state index >= 15 is 4.39 Å². The summed E-state index contributed by atoms with van der Waals surface area (Å²) in [6, 6.07) is 18.4. The molecule has 198 valence electrons. The van der Waals surface area contributed by atoms with Crippen molar-refractivity contribution in [3.8, 4) is 16.9 Å². The maximum absolute atomic E-state index is 15.2. The van der Waals surface area contributed by atoms with Crippen LogP contribution in [0.2, 0.25) is 0 Å². The summed E-state index contributed by atoms with van der Waals surface area (Å²) in [7, 11) is 0. The third kappa shape index (κ3) is 4.71. The number of hydrogen-bond acceptors (Lipinski definition) is 4. The number of aromatic hydroxyl groups is 1. The third-order valence-electron chi connectivity index (χ3n) is 6.68. The van der Waals surface area contributed by atoms with Crippen LogP contribution in [-0.4, -0.2) is 16.7 Å². The van der Waals surface area contributed by atoms with E-state index in [1.165, 1.54) is 6.07 Å². The molecular formula is C30H23F4N3O2.